The van der Waals surface area contributed by atoms with Crippen LogP contribution in [0, 0.1) is 0 Å². The lowest BCUT2D eigenvalue weighted by atomic mass is 9.80. The molecular weight excluding hydrogens is 465 g/mol. The number of benzene rings is 2. The van der Waals surface area contributed by atoms with Crippen molar-refractivity contribution in [1.82, 2.24) is 9.88 Å². The SMILES string of the molecule is COc1cccc2c1CCCC2CCCCN1CCN(c2ccc3ccccc3n2)CC1.Cl.Cl. The number of pyridine rings is 1. The van der Waals surface area contributed by atoms with Gasteiger partial charge in [0.15, 0.2) is 0 Å². The Kier molecular flexibility index (Phi) is 9.87. The minimum Gasteiger partial charge on any atom is -0.496 e. The highest BCUT2D eigenvalue weighted by Gasteiger charge is 2.23. The van der Waals surface area contributed by atoms with E-state index in [9.17, 15) is 0 Å². The molecule has 1 fully saturated rings. The first-order chi connectivity index (χ1) is 15.8. The van der Waals surface area contributed by atoms with Crippen molar-refractivity contribution in [1.29, 1.82) is 0 Å². The quantitative estimate of drug-likeness (QED) is 0.345. The lowest BCUT2D eigenvalue weighted by Gasteiger charge is -2.35. The molecule has 5 rings (SSSR count). The van der Waals surface area contributed by atoms with Gasteiger partial charge in [-0.3, -0.25) is 4.90 Å². The topological polar surface area (TPSA) is 28.6 Å². The van der Waals surface area contributed by atoms with E-state index in [0.29, 0.717) is 5.92 Å². The maximum Gasteiger partial charge on any atom is 0.129 e. The molecule has 0 spiro atoms. The Morgan fingerprint density at radius 3 is 2.56 bits per heavy atom. The molecule has 0 saturated carbocycles. The summed E-state index contributed by atoms with van der Waals surface area (Å²) in [6.45, 7) is 5.63. The van der Waals surface area contributed by atoms with Crippen LogP contribution in [-0.4, -0.2) is 49.7 Å². The van der Waals surface area contributed by atoms with E-state index in [4.69, 9.17) is 9.72 Å². The number of rotatable bonds is 7. The van der Waals surface area contributed by atoms with Gasteiger partial charge < -0.3 is 9.64 Å². The Bertz CT molecular complexity index is 1050. The van der Waals surface area contributed by atoms with Crippen LogP contribution in [0.3, 0.4) is 0 Å². The number of nitrogens with zero attached hydrogens (tertiary/aromatic N) is 3. The second-order valence-corrected chi connectivity index (χ2v) is 9.30. The van der Waals surface area contributed by atoms with Crippen LogP contribution >= 0.6 is 24.8 Å². The third kappa shape index (κ3) is 5.97. The molecule has 1 unspecified atom stereocenters. The van der Waals surface area contributed by atoms with E-state index in [1.165, 1.54) is 56.0 Å². The average molecular weight is 503 g/mol. The first-order valence-corrected chi connectivity index (χ1v) is 12.3. The van der Waals surface area contributed by atoms with E-state index in [1.54, 1.807) is 12.7 Å². The zero-order valence-electron chi connectivity index (χ0n) is 20.1. The first kappa shape index (κ1) is 26.6. The number of halogens is 2. The molecule has 1 saturated heterocycles. The number of unbranched alkanes of at least 4 members (excludes halogenated alkanes) is 1. The van der Waals surface area contributed by atoms with Crippen LogP contribution in [0.15, 0.2) is 54.6 Å². The number of para-hydroxylation sites is 1. The van der Waals surface area contributed by atoms with Gasteiger partial charge in [0.05, 0.1) is 12.6 Å². The number of hydrogen-bond donors (Lipinski definition) is 0. The number of ether oxygens (including phenoxy) is 1. The molecule has 0 amide bonds. The minimum atomic E-state index is 0. The molecule has 2 aromatic carbocycles. The van der Waals surface area contributed by atoms with E-state index in [0.717, 1.165) is 43.3 Å². The summed E-state index contributed by atoms with van der Waals surface area (Å²) in [4.78, 5) is 9.95. The Labute approximate surface area is 216 Å². The second-order valence-electron chi connectivity index (χ2n) is 9.30. The summed E-state index contributed by atoms with van der Waals surface area (Å²) < 4.78 is 5.61. The zero-order chi connectivity index (χ0) is 21.8. The molecule has 1 aliphatic carbocycles. The summed E-state index contributed by atoms with van der Waals surface area (Å²) in [5.74, 6) is 2.92. The van der Waals surface area contributed by atoms with Gasteiger partial charge in [0.25, 0.3) is 0 Å². The van der Waals surface area contributed by atoms with Crippen molar-refractivity contribution < 1.29 is 4.74 Å². The van der Waals surface area contributed by atoms with Gasteiger partial charge in [-0.15, -0.1) is 24.8 Å². The van der Waals surface area contributed by atoms with Crippen molar-refractivity contribution >= 4 is 41.5 Å². The Balaban J connectivity index is 0.00000162. The number of aromatic nitrogens is 1. The van der Waals surface area contributed by atoms with Gasteiger partial charge in [-0.2, -0.15) is 0 Å². The predicted octanol–water partition coefficient (Wildman–Crippen LogP) is 6.50. The smallest absolute Gasteiger partial charge is 0.129 e. The lowest BCUT2D eigenvalue weighted by Crippen LogP contribution is -2.46. The second kappa shape index (κ2) is 12.6. The van der Waals surface area contributed by atoms with Crippen molar-refractivity contribution in [2.24, 2.45) is 0 Å². The summed E-state index contributed by atoms with van der Waals surface area (Å²) in [7, 11) is 1.80. The van der Waals surface area contributed by atoms with Crippen molar-refractivity contribution in [3.8, 4) is 5.75 Å². The van der Waals surface area contributed by atoms with E-state index in [2.05, 4.69) is 64.4 Å². The molecule has 0 N–H and O–H groups in total. The standard InChI is InChI=1S/C28H35N3O.2ClH/c1-32-27-14-7-11-24-22(10-6-12-25(24)27)8-4-5-17-30-18-20-31(21-19-30)28-16-15-23-9-2-3-13-26(23)29-28;;/h2-3,7,9,11,13-16,22H,4-6,8,10,12,17-21H2,1H3;2*1H. The molecule has 4 nitrogen and oxygen atoms in total. The van der Waals surface area contributed by atoms with Crippen molar-refractivity contribution in [2.75, 3.05) is 44.7 Å². The summed E-state index contributed by atoms with van der Waals surface area (Å²) in [6.07, 6.45) is 7.71. The molecule has 184 valence electrons. The van der Waals surface area contributed by atoms with Crippen LogP contribution in [0.2, 0.25) is 0 Å². The summed E-state index contributed by atoms with van der Waals surface area (Å²) in [5, 5.41) is 1.22. The number of anilines is 1. The summed E-state index contributed by atoms with van der Waals surface area (Å²) >= 11 is 0. The summed E-state index contributed by atoms with van der Waals surface area (Å²) in [6, 6.07) is 19.4. The van der Waals surface area contributed by atoms with Gasteiger partial charge in [0.2, 0.25) is 0 Å². The van der Waals surface area contributed by atoms with Crippen LogP contribution in [0.1, 0.15) is 49.1 Å². The van der Waals surface area contributed by atoms with Crippen molar-refractivity contribution in [3.05, 3.63) is 65.7 Å². The molecule has 0 radical (unpaired) electrons. The number of fused-ring (bicyclic) bond motifs is 2. The number of methoxy groups -OCH3 is 1. The molecule has 1 aliphatic heterocycles. The molecule has 34 heavy (non-hydrogen) atoms. The van der Waals surface area contributed by atoms with Crippen molar-refractivity contribution in [3.63, 3.8) is 0 Å². The van der Waals surface area contributed by atoms with Gasteiger partial charge in [0.1, 0.15) is 11.6 Å². The fraction of sp³-hybridized carbons (Fsp3) is 0.464. The number of piperazine rings is 1. The molecule has 3 aromatic rings. The van der Waals surface area contributed by atoms with Gasteiger partial charge in [-0.1, -0.05) is 36.8 Å². The fourth-order valence-corrected chi connectivity index (χ4v) is 5.56. The maximum absolute atomic E-state index is 5.61. The third-order valence-electron chi connectivity index (χ3n) is 7.37. The highest BCUT2D eigenvalue weighted by atomic mass is 35.5. The molecule has 2 aliphatic rings. The van der Waals surface area contributed by atoms with Gasteiger partial charge in [-0.25, -0.2) is 4.98 Å². The molecule has 2 heterocycles. The van der Waals surface area contributed by atoms with Crippen LogP contribution in [-0.2, 0) is 6.42 Å². The average Bonchev–Trinajstić information content (AvgIpc) is 2.86. The van der Waals surface area contributed by atoms with Crippen LogP contribution in [0.5, 0.6) is 5.75 Å². The molecule has 0 bridgehead atoms. The zero-order valence-corrected chi connectivity index (χ0v) is 21.8. The van der Waals surface area contributed by atoms with E-state index < -0.39 is 0 Å². The van der Waals surface area contributed by atoms with Crippen LogP contribution in [0.25, 0.3) is 10.9 Å². The van der Waals surface area contributed by atoms with Gasteiger partial charge in [-0.05, 0) is 80.0 Å². The lowest BCUT2D eigenvalue weighted by molar-refractivity contribution is 0.250. The Morgan fingerprint density at radius 1 is 0.912 bits per heavy atom. The third-order valence-corrected chi connectivity index (χ3v) is 7.37. The largest absolute Gasteiger partial charge is 0.496 e. The molecule has 6 heteroatoms. The van der Waals surface area contributed by atoms with Gasteiger partial charge >= 0.3 is 0 Å². The van der Waals surface area contributed by atoms with Gasteiger partial charge in [0, 0.05) is 31.6 Å². The van der Waals surface area contributed by atoms with Crippen LogP contribution in [0.4, 0.5) is 5.82 Å². The Morgan fingerprint density at radius 2 is 1.74 bits per heavy atom. The predicted molar refractivity (Wildman–Crippen MR) is 147 cm³/mol. The monoisotopic (exact) mass is 501 g/mol. The number of hydrogen-bond acceptors (Lipinski definition) is 4. The van der Waals surface area contributed by atoms with E-state index >= 15 is 0 Å². The summed E-state index contributed by atoms with van der Waals surface area (Å²) in [5.41, 5.74) is 4.10. The minimum absolute atomic E-state index is 0. The van der Waals surface area contributed by atoms with E-state index in [-0.39, 0.29) is 24.8 Å². The highest BCUT2D eigenvalue weighted by Crippen LogP contribution is 2.39. The maximum atomic E-state index is 5.61. The Hall–Kier alpha value is -2.01. The highest BCUT2D eigenvalue weighted by molar-refractivity contribution is 5.85. The first-order valence-electron chi connectivity index (χ1n) is 12.3. The van der Waals surface area contributed by atoms with Crippen molar-refractivity contribution in [2.45, 2.75) is 44.4 Å². The van der Waals surface area contributed by atoms with E-state index in [1.807, 2.05) is 0 Å². The molecular formula is C28H37Cl2N3O. The van der Waals surface area contributed by atoms with Crippen LogP contribution < -0.4 is 9.64 Å². The molecule has 1 aromatic heterocycles. The normalized spacial score (nSPS) is 18.0. The molecule has 1 atom stereocenters. The fourth-order valence-electron chi connectivity index (χ4n) is 5.56.